The first-order valence-electron chi connectivity index (χ1n) is 4.99. The first-order valence-corrected chi connectivity index (χ1v) is 4.99. The van der Waals surface area contributed by atoms with E-state index in [1.807, 2.05) is 13.8 Å². The maximum Gasteiger partial charge on any atom is -0.0285 e. The lowest BCUT2D eigenvalue weighted by atomic mass is 10.1. The molecule has 0 aliphatic rings. The molecule has 0 bridgehead atoms. The Morgan fingerprint density at radius 2 is 1.75 bits per heavy atom. The van der Waals surface area contributed by atoms with Crippen molar-refractivity contribution in [2.45, 2.75) is 53.9 Å². The molecule has 0 N–H and O–H groups in total. The van der Waals surface area contributed by atoms with E-state index in [1.165, 1.54) is 24.0 Å². The highest BCUT2D eigenvalue weighted by Crippen LogP contribution is 2.07. The van der Waals surface area contributed by atoms with Crippen LogP contribution in [0.1, 0.15) is 53.9 Å². The lowest BCUT2D eigenvalue weighted by Gasteiger charge is -1.97. The number of hydrogen-bond acceptors (Lipinski definition) is 0. The molecular formula is C12H24. The Morgan fingerprint density at radius 1 is 1.25 bits per heavy atom. The van der Waals surface area contributed by atoms with Gasteiger partial charge in [0, 0.05) is 0 Å². The average Bonchev–Trinajstić information content (AvgIpc) is 2.03. The van der Waals surface area contributed by atoms with Crippen LogP contribution in [0.2, 0.25) is 0 Å². The number of unbranched alkanes of at least 4 members (excludes halogenated alkanes) is 1. The summed E-state index contributed by atoms with van der Waals surface area (Å²) in [6.45, 7) is 14.4. The van der Waals surface area contributed by atoms with Gasteiger partial charge in [0.25, 0.3) is 0 Å². The lowest BCUT2D eigenvalue weighted by Crippen LogP contribution is -1.77. The minimum Gasteiger partial charge on any atom is -0.0958 e. The van der Waals surface area contributed by atoms with Gasteiger partial charge in [-0.25, -0.2) is 0 Å². The van der Waals surface area contributed by atoms with Crippen LogP contribution in [0.3, 0.4) is 0 Å². The fraction of sp³-hybridized carbons (Fsp3) is 0.667. The Hall–Kier alpha value is -0.520. The van der Waals surface area contributed by atoms with Gasteiger partial charge in [-0.2, -0.15) is 0 Å². The van der Waals surface area contributed by atoms with E-state index in [1.54, 1.807) is 0 Å². The smallest absolute Gasteiger partial charge is 0.0285 e. The van der Waals surface area contributed by atoms with Crippen molar-refractivity contribution in [2.75, 3.05) is 0 Å². The van der Waals surface area contributed by atoms with Gasteiger partial charge in [-0.3, -0.25) is 0 Å². The summed E-state index contributed by atoms with van der Waals surface area (Å²) < 4.78 is 0. The van der Waals surface area contributed by atoms with Gasteiger partial charge >= 0.3 is 0 Å². The third kappa shape index (κ3) is 12.2. The standard InChI is InChI=1S/C10H18.C2H6/c1-5-6-7-10(4)8-9(2)3;1-2/h8H,4-7H2,1-3H3;1-2H3. The van der Waals surface area contributed by atoms with Crippen molar-refractivity contribution in [3.63, 3.8) is 0 Å². The lowest BCUT2D eigenvalue weighted by molar-refractivity contribution is 0.798. The summed E-state index contributed by atoms with van der Waals surface area (Å²) in [7, 11) is 0. The molecule has 0 aliphatic heterocycles. The summed E-state index contributed by atoms with van der Waals surface area (Å²) in [5.74, 6) is 0. The van der Waals surface area contributed by atoms with Crippen molar-refractivity contribution in [1.29, 1.82) is 0 Å². The Morgan fingerprint density at radius 3 is 2.08 bits per heavy atom. The second kappa shape index (κ2) is 10.5. The van der Waals surface area contributed by atoms with Crippen LogP contribution in [0.4, 0.5) is 0 Å². The summed E-state index contributed by atoms with van der Waals surface area (Å²) in [5.41, 5.74) is 2.61. The molecule has 0 heterocycles. The summed E-state index contributed by atoms with van der Waals surface area (Å²) in [6.07, 6.45) is 5.84. The third-order valence-corrected chi connectivity index (χ3v) is 1.34. The van der Waals surface area contributed by atoms with Gasteiger partial charge in [0.1, 0.15) is 0 Å². The predicted molar refractivity (Wildman–Crippen MR) is 59.4 cm³/mol. The van der Waals surface area contributed by atoms with E-state index in [0.717, 1.165) is 6.42 Å². The molecule has 0 aromatic carbocycles. The van der Waals surface area contributed by atoms with Crippen LogP contribution in [0, 0.1) is 0 Å². The monoisotopic (exact) mass is 168 g/mol. The van der Waals surface area contributed by atoms with Crippen molar-refractivity contribution in [3.8, 4) is 0 Å². The molecule has 0 nitrogen and oxygen atoms in total. The molecule has 0 heteroatoms. The molecule has 0 rings (SSSR count). The molecule has 0 amide bonds. The van der Waals surface area contributed by atoms with Gasteiger partial charge in [0.2, 0.25) is 0 Å². The summed E-state index contributed by atoms with van der Waals surface area (Å²) in [6, 6.07) is 0. The normalized spacial score (nSPS) is 8.08. The zero-order chi connectivity index (χ0) is 9.98. The molecule has 0 saturated heterocycles. The molecule has 0 atom stereocenters. The molecule has 0 aromatic rings. The molecule has 72 valence electrons. The van der Waals surface area contributed by atoms with Gasteiger partial charge in [-0.05, 0) is 26.7 Å². The van der Waals surface area contributed by atoms with Crippen LogP contribution in [-0.4, -0.2) is 0 Å². The van der Waals surface area contributed by atoms with Crippen LogP contribution in [0.15, 0.2) is 23.8 Å². The van der Waals surface area contributed by atoms with Gasteiger partial charge in [-0.15, -0.1) is 0 Å². The number of hydrogen-bond donors (Lipinski definition) is 0. The molecule has 0 spiro atoms. The van der Waals surface area contributed by atoms with E-state index >= 15 is 0 Å². The summed E-state index contributed by atoms with van der Waals surface area (Å²) >= 11 is 0. The van der Waals surface area contributed by atoms with Crippen LogP contribution < -0.4 is 0 Å². The fourth-order valence-electron chi connectivity index (χ4n) is 0.884. The van der Waals surface area contributed by atoms with Gasteiger partial charge in [0.05, 0.1) is 0 Å². The highest BCUT2D eigenvalue weighted by Gasteiger charge is 1.87. The number of allylic oxidation sites excluding steroid dienone is 3. The molecule has 0 radical (unpaired) electrons. The quantitative estimate of drug-likeness (QED) is 0.532. The van der Waals surface area contributed by atoms with Crippen molar-refractivity contribution in [2.24, 2.45) is 0 Å². The van der Waals surface area contributed by atoms with Crippen LogP contribution in [0.5, 0.6) is 0 Å². The minimum atomic E-state index is 1.15. The molecular weight excluding hydrogens is 144 g/mol. The maximum absolute atomic E-state index is 3.96. The van der Waals surface area contributed by atoms with Crippen molar-refractivity contribution >= 4 is 0 Å². The molecule has 12 heavy (non-hydrogen) atoms. The van der Waals surface area contributed by atoms with Crippen molar-refractivity contribution in [3.05, 3.63) is 23.8 Å². The van der Waals surface area contributed by atoms with E-state index in [2.05, 4.69) is 33.4 Å². The van der Waals surface area contributed by atoms with E-state index in [-0.39, 0.29) is 0 Å². The second-order valence-electron chi connectivity index (χ2n) is 2.98. The van der Waals surface area contributed by atoms with E-state index < -0.39 is 0 Å². The number of rotatable bonds is 4. The maximum atomic E-state index is 3.96. The van der Waals surface area contributed by atoms with Crippen molar-refractivity contribution < 1.29 is 0 Å². The predicted octanol–water partition coefficient (Wildman–Crippen LogP) is 4.73. The summed E-state index contributed by atoms with van der Waals surface area (Å²) in [4.78, 5) is 0. The van der Waals surface area contributed by atoms with Gasteiger partial charge in [0.15, 0.2) is 0 Å². The Balaban J connectivity index is 0. The average molecular weight is 168 g/mol. The molecule has 0 saturated carbocycles. The van der Waals surface area contributed by atoms with Crippen LogP contribution in [-0.2, 0) is 0 Å². The van der Waals surface area contributed by atoms with E-state index in [9.17, 15) is 0 Å². The van der Waals surface area contributed by atoms with E-state index in [4.69, 9.17) is 0 Å². The second-order valence-corrected chi connectivity index (χ2v) is 2.98. The third-order valence-electron chi connectivity index (χ3n) is 1.34. The molecule has 0 aromatic heterocycles. The highest BCUT2D eigenvalue weighted by atomic mass is 13.9. The van der Waals surface area contributed by atoms with E-state index in [0.29, 0.717) is 0 Å². The van der Waals surface area contributed by atoms with Gasteiger partial charge in [-0.1, -0.05) is 51.0 Å². The Kier molecular flexibility index (Phi) is 12.3. The molecule has 0 aliphatic carbocycles. The zero-order valence-electron chi connectivity index (χ0n) is 9.41. The SMILES string of the molecule is C=C(C=C(C)C)CCCC.CC. The van der Waals surface area contributed by atoms with Crippen LogP contribution >= 0.6 is 0 Å². The Bertz CT molecular complexity index is 125. The fourth-order valence-corrected chi connectivity index (χ4v) is 0.884. The summed E-state index contributed by atoms with van der Waals surface area (Å²) in [5, 5.41) is 0. The van der Waals surface area contributed by atoms with Crippen molar-refractivity contribution in [1.82, 2.24) is 0 Å². The highest BCUT2D eigenvalue weighted by molar-refractivity contribution is 5.17. The first kappa shape index (κ1) is 14.0. The largest absolute Gasteiger partial charge is 0.0958 e. The molecule has 0 fully saturated rings. The minimum absolute atomic E-state index is 1.15. The Labute approximate surface area is 78.4 Å². The topological polar surface area (TPSA) is 0 Å². The first-order chi connectivity index (χ1) is 5.66. The van der Waals surface area contributed by atoms with Gasteiger partial charge < -0.3 is 0 Å². The van der Waals surface area contributed by atoms with Crippen LogP contribution in [0.25, 0.3) is 0 Å². The molecule has 0 unspecified atom stereocenters. The zero-order valence-corrected chi connectivity index (χ0v) is 9.41.